The Balaban J connectivity index is 1.29. The first-order chi connectivity index (χ1) is 14.7. The van der Waals surface area contributed by atoms with Gasteiger partial charge in [0.15, 0.2) is 0 Å². The summed E-state index contributed by atoms with van der Waals surface area (Å²) in [4.78, 5) is 0. The number of aryl methyl sites for hydroxylation is 3. The molecule has 0 radical (unpaired) electrons. The summed E-state index contributed by atoms with van der Waals surface area (Å²) in [6.45, 7) is 2.28. The lowest BCUT2D eigenvalue weighted by atomic mass is 9.77. The monoisotopic (exact) mass is 408 g/mol. The third kappa shape index (κ3) is 8.25. The van der Waals surface area contributed by atoms with E-state index < -0.39 is 0 Å². The van der Waals surface area contributed by atoms with Crippen molar-refractivity contribution in [1.82, 2.24) is 0 Å². The molecule has 0 saturated heterocycles. The second-order valence-electron chi connectivity index (χ2n) is 9.57. The highest BCUT2D eigenvalue weighted by molar-refractivity contribution is 5.22. The standard InChI is InChI=1S/C29H41F/c1-2-3-4-5-6-8-24-11-13-25(14-12-24)15-16-26-17-19-27(20-18-26)21-22-28-9-7-10-29(30)23-28/h7,9-14,23,26-27H,2-6,8,15-22H2,1H3. The zero-order chi connectivity index (χ0) is 21.0. The van der Waals surface area contributed by atoms with Crippen molar-refractivity contribution in [3.8, 4) is 0 Å². The van der Waals surface area contributed by atoms with Crippen LogP contribution in [0.3, 0.4) is 0 Å². The van der Waals surface area contributed by atoms with Crippen LogP contribution < -0.4 is 0 Å². The molecule has 30 heavy (non-hydrogen) atoms. The van der Waals surface area contributed by atoms with Crippen molar-refractivity contribution >= 4 is 0 Å². The summed E-state index contributed by atoms with van der Waals surface area (Å²) in [7, 11) is 0. The average Bonchev–Trinajstić information content (AvgIpc) is 2.78. The molecule has 2 aromatic rings. The van der Waals surface area contributed by atoms with E-state index in [2.05, 4.69) is 37.3 Å². The molecule has 3 rings (SSSR count). The summed E-state index contributed by atoms with van der Waals surface area (Å²) in [5.41, 5.74) is 4.17. The Kier molecular flexibility index (Phi) is 9.93. The van der Waals surface area contributed by atoms with Crippen LogP contribution in [0.1, 0.15) is 94.2 Å². The van der Waals surface area contributed by atoms with Crippen LogP contribution >= 0.6 is 0 Å². The van der Waals surface area contributed by atoms with Gasteiger partial charge in [0.2, 0.25) is 0 Å². The third-order valence-corrected chi connectivity index (χ3v) is 7.13. The fourth-order valence-electron chi connectivity index (χ4n) is 5.05. The molecule has 0 heterocycles. The number of benzene rings is 2. The van der Waals surface area contributed by atoms with Gasteiger partial charge in [0.05, 0.1) is 0 Å². The van der Waals surface area contributed by atoms with Crippen LogP contribution in [-0.2, 0) is 19.3 Å². The maximum absolute atomic E-state index is 13.3. The first kappa shape index (κ1) is 23.0. The summed E-state index contributed by atoms with van der Waals surface area (Å²) in [6.07, 6.45) is 18.3. The van der Waals surface area contributed by atoms with Crippen molar-refractivity contribution in [1.29, 1.82) is 0 Å². The molecule has 164 valence electrons. The minimum Gasteiger partial charge on any atom is -0.207 e. The van der Waals surface area contributed by atoms with Gasteiger partial charge in [-0.25, -0.2) is 4.39 Å². The topological polar surface area (TPSA) is 0 Å². The highest BCUT2D eigenvalue weighted by Gasteiger charge is 2.20. The van der Waals surface area contributed by atoms with Gasteiger partial charge >= 0.3 is 0 Å². The van der Waals surface area contributed by atoms with Crippen LogP contribution in [0.25, 0.3) is 0 Å². The lowest BCUT2D eigenvalue weighted by molar-refractivity contribution is 0.253. The van der Waals surface area contributed by atoms with Crippen LogP contribution in [0, 0.1) is 17.7 Å². The first-order valence-electron chi connectivity index (χ1n) is 12.5. The Hall–Kier alpha value is -1.63. The molecule has 0 spiro atoms. The smallest absolute Gasteiger partial charge is 0.123 e. The molecule has 0 unspecified atom stereocenters. The van der Waals surface area contributed by atoms with Crippen molar-refractivity contribution in [2.75, 3.05) is 0 Å². The lowest BCUT2D eigenvalue weighted by Crippen LogP contribution is -2.15. The average molecular weight is 409 g/mol. The Morgan fingerprint density at radius 2 is 1.23 bits per heavy atom. The molecule has 0 bridgehead atoms. The van der Waals surface area contributed by atoms with E-state index in [-0.39, 0.29) is 5.82 Å². The van der Waals surface area contributed by atoms with Crippen molar-refractivity contribution < 1.29 is 4.39 Å². The van der Waals surface area contributed by atoms with E-state index in [9.17, 15) is 4.39 Å². The number of unbranched alkanes of at least 4 members (excludes halogenated alkanes) is 4. The second-order valence-corrected chi connectivity index (χ2v) is 9.57. The van der Waals surface area contributed by atoms with Crippen molar-refractivity contribution in [3.63, 3.8) is 0 Å². The van der Waals surface area contributed by atoms with Crippen LogP contribution in [0.4, 0.5) is 4.39 Å². The molecule has 2 aromatic carbocycles. The van der Waals surface area contributed by atoms with Crippen LogP contribution in [0.5, 0.6) is 0 Å². The molecule has 0 aliphatic heterocycles. The van der Waals surface area contributed by atoms with Gasteiger partial charge < -0.3 is 0 Å². The zero-order valence-electron chi connectivity index (χ0n) is 19.1. The molecular weight excluding hydrogens is 367 g/mol. The van der Waals surface area contributed by atoms with Gasteiger partial charge in [-0.2, -0.15) is 0 Å². The zero-order valence-corrected chi connectivity index (χ0v) is 19.1. The van der Waals surface area contributed by atoms with Crippen molar-refractivity contribution in [3.05, 3.63) is 71.0 Å². The fraction of sp³-hybridized carbons (Fsp3) is 0.586. The van der Waals surface area contributed by atoms with E-state index in [1.54, 1.807) is 6.07 Å². The second kappa shape index (κ2) is 12.9. The van der Waals surface area contributed by atoms with Crippen molar-refractivity contribution in [2.45, 2.75) is 96.8 Å². The number of halogens is 1. The van der Waals surface area contributed by atoms with Gasteiger partial charge in [-0.05, 0) is 79.2 Å². The summed E-state index contributed by atoms with van der Waals surface area (Å²) >= 11 is 0. The van der Waals surface area contributed by atoms with E-state index in [4.69, 9.17) is 0 Å². The molecule has 1 heteroatoms. The Labute approximate surface area is 184 Å². The minimum absolute atomic E-state index is 0.101. The summed E-state index contributed by atoms with van der Waals surface area (Å²) < 4.78 is 13.3. The summed E-state index contributed by atoms with van der Waals surface area (Å²) in [5.74, 6) is 1.63. The van der Waals surface area contributed by atoms with Gasteiger partial charge in [0.1, 0.15) is 5.82 Å². The maximum atomic E-state index is 13.3. The molecule has 1 aliphatic carbocycles. The molecule has 1 fully saturated rings. The lowest BCUT2D eigenvalue weighted by Gasteiger charge is -2.28. The van der Waals surface area contributed by atoms with E-state index in [0.29, 0.717) is 0 Å². The normalized spacial score (nSPS) is 19.1. The SMILES string of the molecule is CCCCCCCc1ccc(CCC2CCC(CCc3cccc(F)c3)CC2)cc1. The first-order valence-corrected chi connectivity index (χ1v) is 12.5. The highest BCUT2D eigenvalue weighted by atomic mass is 19.1. The van der Waals surface area contributed by atoms with Crippen LogP contribution in [-0.4, -0.2) is 0 Å². The van der Waals surface area contributed by atoms with Gasteiger partial charge in [-0.3, -0.25) is 0 Å². The predicted octanol–water partition coefficient (Wildman–Crippen LogP) is 8.71. The van der Waals surface area contributed by atoms with Crippen LogP contribution in [0.2, 0.25) is 0 Å². The number of hydrogen-bond donors (Lipinski definition) is 0. The number of rotatable bonds is 12. The molecule has 1 aliphatic rings. The highest BCUT2D eigenvalue weighted by Crippen LogP contribution is 2.34. The van der Waals surface area contributed by atoms with E-state index >= 15 is 0 Å². The molecule has 0 nitrogen and oxygen atoms in total. The molecule has 0 amide bonds. The molecular formula is C29H41F. The minimum atomic E-state index is -0.101. The summed E-state index contributed by atoms with van der Waals surface area (Å²) in [5, 5.41) is 0. The maximum Gasteiger partial charge on any atom is 0.123 e. The van der Waals surface area contributed by atoms with Gasteiger partial charge in [0.25, 0.3) is 0 Å². The van der Waals surface area contributed by atoms with Crippen molar-refractivity contribution in [2.24, 2.45) is 11.8 Å². The molecule has 0 aromatic heterocycles. The quantitative estimate of drug-likeness (QED) is 0.308. The van der Waals surface area contributed by atoms with E-state index in [1.165, 1.54) is 101 Å². The fourth-order valence-corrected chi connectivity index (χ4v) is 5.05. The van der Waals surface area contributed by atoms with Gasteiger partial charge in [-0.1, -0.05) is 94.7 Å². The third-order valence-electron chi connectivity index (χ3n) is 7.13. The van der Waals surface area contributed by atoms with Gasteiger partial charge in [0, 0.05) is 0 Å². The molecule has 1 saturated carbocycles. The van der Waals surface area contributed by atoms with E-state index in [0.717, 1.165) is 23.8 Å². The van der Waals surface area contributed by atoms with E-state index in [1.807, 2.05) is 6.07 Å². The molecule has 0 N–H and O–H groups in total. The largest absolute Gasteiger partial charge is 0.207 e. The summed E-state index contributed by atoms with van der Waals surface area (Å²) in [6, 6.07) is 16.6. The Morgan fingerprint density at radius 1 is 0.667 bits per heavy atom. The predicted molar refractivity (Wildman–Crippen MR) is 127 cm³/mol. The number of hydrogen-bond acceptors (Lipinski definition) is 0. The Bertz CT molecular complexity index is 709. The van der Waals surface area contributed by atoms with Crippen LogP contribution in [0.15, 0.2) is 48.5 Å². The Morgan fingerprint density at radius 3 is 1.83 bits per heavy atom. The van der Waals surface area contributed by atoms with Gasteiger partial charge in [-0.15, -0.1) is 0 Å². The molecule has 0 atom stereocenters.